The molecule has 1 amide bonds. The number of hydrogen-bond donors (Lipinski definition) is 2. The van der Waals surface area contributed by atoms with E-state index in [0.717, 1.165) is 13.1 Å². The van der Waals surface area contributed by atoms with Gasteiger partial charge in [-0.05, 0) is 30.2 Å². The predicted octanol–water partition coefficient (Wildman–Crippen LogP) is 1.33. The molecule has 0 aliphatic carbocycles. The molecule has 0 unspecified atom stereocenters. The van der Waals surface area contributed by atoms with Crippen LogP contribution >= 0.6 is 12.4 Å². The SMILES string of the molecule is Cc1noc(CNC(=O)c2ccc3c(c2)CNC3)n1.Cl. The van der Waals surface area contributed by atoms with Gasteiger partial charge in [0, 0.05) is 18.7 Å². The van der Waals surface area contributed by atoms with Crippen molar-refractivity contribution in [1.82, 2.24) is 20.8 Å². The number of amides is 1. The van der Waals surface area contributed by atoms with Gasteiger partial charge in [0.05, 0.1) is 6.54 Å². The van der Waals surface area contributed by atoms with Crippen LogP contribution in [0.1, 0.15) is 33.2 Å². The largest absolute Gasteiger partial charge is 0.343 e. The fourth-order valence-corrected chi connectivity index (χ4v) is 2.11. The van der Waals surface area contributed by atoms with Crippen LogP contribution in [-0.4, -0.2) is 16.0 Å². The van der Waals surface area contributed by atoms with Crippen LogP contribution in [0.2, 0.25) is 0 Å². The average molecular weight is 295 g/mol. The number of fused-ring (bicyclic) bond motifs is 1. The van der Waals surface area contributed by atoms with Crippen LogP contribution in [-0.2, 0) is 19.6 Å². The normalized spacial score (nSPS) is 12.7. The van der Waals surface area contributed by atoms with Crippen molar-refractivity contribution in [2.75, 3.05) is 0 Å². The minimum atomic E-state index is -0.134. The summed E-state index contributed by atoms with van der Waals surface area (Å²) in [5.41, 5.74) is 3.09. The Hall–Kier alpha value is -1.92. The Bertz CT molecular complexity index is 627. The van der Waals surface area contributed by atoms with Gasteiger partial charge in [-0.25, -0.2) is 0 Å². The highest BCUT2D eigenvalue weighted by Gasteiger charge is 2.14. The monoisotopic (exact) mass is 294 g/mol. The van der Waals surface area contributed by atoms with Crippen molar-refractivity contribution >= 4 is 18.3 Å². The number of aromatic nitrogens is 2. The Labute approximate surface area is 122 Å². The lowest BCUT2D eigenvalue weighted by molar-refractivity contribution is 0.0946. The van der Waals surface area contributed by atoms with Crippen molar-refractivity contribution in [2.45, 2.75) is 26.6 Å². The van der Waals surface area contributed by atoms with Crippen LogP contribution in [0.3, 0.4) is 0 Å². The molecule has 0 atom stereocenters. The zero-order chi connectivity index (χ0) is 13.2. The van der Waals surface area contributed by atoms with E-state index in [1.54, 1.807) is 6.92 Å². The first-order chi connectivity index (χ1) is 9.22. The van der Waals surface area contributed by atoms with Gasteiger partial charge in [-0.15, -0.1) is 12.4 Å². The summed E-state index contributed by atoms with van der Waals surface area (Å²) in [7, 11) is 0. The Morgan fingerprint density at radius 2 is 2.20 bits per heavy atom. The van der Waals surface area contributed by atoms with E-state index in [2.05, 4.69) is 20.8 Å². The molecule has 0 saturated carbocycles. The van der Waals surface area contributed by atoms with Crippen LogP contribution in [0.4, 0.5) is 0 Å². The quantitative estimate of drug-likeness (QED) is 0.893. The summed E-state index contributed by atoms with van der Waals surface area (Å²) >= 11 is 0. The van der Waals surface area contributed by atoms with Gasteiger partial charge in [-0.3, -0.25) is 4.79 Å². The molecule has 2 aromatic rings. The molecule has 1 aliphatic heterocycles. The van der Waals surface area contributed by atoms with E-state index in [1.165, 1.54) is 11.1 Å². The van der Waals surface area contributed by atoms with Crippen molar-refractivity contribution in [3.63, 3.8) is 0 Å². The van der Waals surface area contributed by atoms with Crippen molar-refractivity contribution < 1.29 is 9.32 Å². The molecule has 0 spiro atoms. The maximum absolute atomic E-state index is 12.0. The lowest BCUT2D eigenvalue weighted by Crippen LogP contribution is -2.23. The smallest absolute Gasteiger partial charge is 0.251 e. The standard InChI is InChI=1S/C13H14N4O2.ClH/c1-8-16-12(19-17-8)7-15-13(18)9-2-3-10-5-14-6-11(10)4-9;/h2-4,14H,5-7H2,1H3,(H,15,18);1H. The third-order valence-corrected chi connectivity index (χ3v) is 3.07. The number of nitrogens with zero attached hydrogens (tertiary/aromatic N) is 2. The van der Waals surface area contributed by atoms with E-state index in [0.29, 0.717) is 17.3 Å². The Balaban J connectivity index is 0.00000147. The predicted molar refractivity (Wildman–Crippen MR) is 74.4 cm³/mol. The third-order valence-electron chi connectivity index (χ3n) is 3.07. The van der Waals surface area contributed by atoms with E-state index in [9.17, 15) is 4.79 Å². The Morgan fingerprint density at radius 3 is 2.95 bits per heavy atom. The average Bonchev–Trinajstić information content (AvgIpc) is 3.03. The topological polar surface area (TPSA) is 80.0 Å². The minimum absolute atomic E-state index is 0. The molecule has 0 fully saturated rings. The third kappa shape index (κ3) is 2.97. The van der Waals surface area contributed by atoms with Crippen LogP contribution in [0.5, 0.6) is 0 Å². The van der Waals surface area contributed by atoms with E-state index in [1.807, 2.05) is 18.2 Å². The molecule has 6 nitrogen and oxygen atoms in total. The molecule has 1 aliphatic rings. The van der Waals surface area contributed by atoms with Crippen molar-refractivity contribution in [3.05, 3.63) is 46.6 Å². The molecule has 3 rings (SSSR count). The van der Waals surface area contributed by atoms with E-state index in [4.69, 9.17) is 4.52 Å². The highest BCUT2D eigenvalue weighted by Crippen LogP contribution is 2.17. The molecule has 0 radical (unpaired) electrons. The van der Waals surface area contributed by atoms with E-state index >= 15 is 0 Å². The Kier molecular flexibility index (Phi) is 4.36. The first-order valence-electron chi connectivity index (χ1n) is 6.12. The molecule has 20 heavy (non-hydrogen) atoms. The first-order valence-corrected chi connectivity index (χ1v) is 6.12. The van der Waals surface area contributed by atoms with Crippen molar-refractivity contribution in [3.8, 4) is 0 Å². The summed E-state index contributed by atoms with van der Waals surface area (Å²) in [6, 6.07) is 5.74. The lowest BCUT2D eigenvalue weighted by atomic mass is 10.1. The number of halogens is 1. The zero-order valence-electron chi connectivity index (χ0n) is 11.0. The second-order valence-corrected chi connectivity index (χ2v) is 4.51. The maximum atomic E-state index is 12.0. The number of aryl methyl sites for hydroxylation is 1. The summed E-state index contributed by atoms with van der Waals surface area (Å²) in [6.07, 6.45) is 0. The van der Waals surface area contributed by atoms with Gasteiger partial charge >= 0.3 is 0 Å². The van der Waals surface area contributed by atoms with Crippen LogP contribution in [0, 0.1) is 6.92 Å². The van der Waals surface area contributed by atoms with Gasteiger partial charge in [0.1, 0.15) is 0 Å². The molecule has 1 aromatic heterocycles. The fraction of sp³-hybridized carbons (Fsp3) is 0.308. The molecule has 106 valence electrons. The summed E-state index contributed by atoms with van der Waals surface area (Å²) in [4.78, 5) is 16.0. The summed E-state index contributed by atoms with van der Waals surface area (Å²) in [6.45, 7) is 3.68. The molecule has 2 N–H and O–H groups in total. The summed E-state index contributed by atoms with van der Waals surface area (Å²) in [5.74, 6) is 0.840. The maximum Gasteiger partial charge on any atom is 0.251 e. The molecule has 0 saturated heterocycles. The minimum Gasteiger partial charge on any atom is -0.343 e. The van der Waals surface area contributed by atoms with E-state index < -0.39 is 0 Å². The van der Waals surface area contributed by atoms with Gasteiger partial charge in [-0.2, -0.15) is 4.98 Å². The van der Waals surface area contributed by atoms with Gasteiger partial charge in [0.2, 0.25) is 5.89 Å². The van der Waals surface area contributed by atoms with Crippen LogP contribution in [0.25, 0.3) is 0 Å². The van der Waals surface area contributed by atoms with Crippen LogP contribution in [0.15, 0.2) is 22.7 Å². The molecule has 7 heteroatoms. The molecule has 1 aromatic carbocycles. The van der Waals surface area contributed by atoms with Crippen molar-refractivity contribution in [2.24, 2.45) is 0 Å². The number of rotatable bonds is 3. The van der Waals surface area contributed by atoms with Gasteiger partial charge in [0.25, 0.3) is 5.91 Å². The fourth-order valence-electron chi connectivity index (χ4n) is 2.11. The van der Waals surface area contributed by atoms with Crippen molar-refractivity contribution in [1.29, 1.82) is 0 Å². The number of carbonyl (C=O) groups excluding carboxylic acids is 1. The highest BCUT2D eigenvalue weighted by atomic mass is 35.5. The second kappa shape index (κ2) is 6.02. The second-order valence-electron chi connectivity index (χ2n) is 4.51. The van der Waals surface area contributed by atoms with E-state index in [-0.39, 0.29) is 24.9 Å². The van der Waals surface area contributed by atoms with Gasteiger partial charge in [0.15, 0.2) is 5.82 Å². The number of carbonyl (C=O) groups is 1. The Morgan fingerprint density at radius 1 is 1.40 bits per heavy atom. The van der Waals surface area contributed by atoms with Gasteiger partial charge in [-0.1, -0.05) is 11.2 Å². The first kappa shape index (κ1) is 14.5. The number of benzene rings is 1. The summed E-state index contributed by atoms with van der Waals surface area (Å²) in [5, 5.41) is 9.68. The molecular formula is C13H15ClN4O2. The molecule has 2 heterocycles. The van der Waals surface area contributed by atoms with Crippen LogP contribution < -0.4 is 10.6 Å². The molecular weight excluding hydrogens is 280 g/mol. The highest BCUT2D eigenvalue weighted by molar-refractivity contribution is 5.94. The molecule has 0 bridgehead atoms. The van der Waals surface area contributed by atoms with Gasteiger partial charge < -0.3 is 15.2 Å². The summed E-state index contributed by atoms with van der Waals surface area (Å²) < 4.78 is 4.94. The lowest BCUT2D eigenvalue weighted by Gasteiger charge is -2.04. The number of nitrogens with one attached hydrogen (secondary N) is 2. The number of hydrogen-bond acceptors (Lipinski definition) is 5. The zero-order valence-corrected chi connectivity index (χ0v) is 11.8.